The molecule has 1 unspecified atom stereocenters. The molecule has 1 fully saturated rings. The number of amides is 1. The van der Waals surface area contributed by atoms with Crippen LogP contribution >= 0.6 is 0 Å². The van der Waals surface area contributed by atoms with Crippen LogP contribution in [0.4, 0.5) is 4.79 Å². The number of carbonyl (C=O) groups is 1. The van der Waals surface area contributed by atoms with Crippen LogP contribution in [0.25, 0.3) is 0 Å². The first-order chi connectivity index (χ1) is 6.60. The topological polar surface area (TPSA) is 52.6 Å². The van der Waals surface area contributed by atoms with Gasteiger partial charge in [-0.05, 0) is 13.3 Å². The van der Waals surface area contributed by atoms with E-state index in [0.717, 1.165) is 32.4 Å². The SMILES string of the molecule is CCCCC1(C)CNCCN1C(=O)O. The lowest BCUT2D eigenvalue weighted by atomic mass is 9.91. The van der Waals surface area contributed by atoms with Gasteiger partial charge in [0.1, 0.15) is 0 Å². The molecule has 0 spiro atoms. The summed E-state index contributed by atoms with van der Waals surface area (Å²) in [5.41, 5.74) is -0.208. The molecule has 0 bridgehead atoms. The van der Waals surface area contributed by atoms with E-state index in [2.05, 4.69) is 12.2 Å². The Morgan fingerprint density at radius 1 is 1.64 bits per heavy atom. The number of rotatable bonds is 3. The highest BCUT2D eigenvalue weighted by Crippen LogP contribution is 2.23. The molecule has 82 valence electrons. The van der Waals surface area contributed by atoms with Gasteiger partial charge in [-0.1, -0.05) is 19.8 Å². The Kier molecular flexibility index (Phi) is 3.75. The standard InChI is InChI=1S/C10H20N2O2/c1-3-4-5-10(2)8-11-6-7-12(10)9(13)14/h11H,3-8H2,1-2H3,(H,13,14). The summed E-state index contributed by atoms with van der Waals surface area (Å²) in [5, 5.41) is 12.3. The number of hydrogen-bond acceptors (Lipinski definition) is 2. The lowest BCUT2D eigenvalue weighted by Gasteiger charge is -2.43. The molecule has 14 heavy (non-hydrogen) atoms. The Balaban J connectivity index is 2.64. The second-order valence-corrected chi connectivity index (χ2v) is 4.21. The minimum atomic E-state index is -0.787. The van der Waals surface area contributed by atoms with Crippen molar-refractivity contribution in [3.63, 3.8) is 0 Å². The van der Waals surface area contributed by atoms with E-state index in [1.54, 1.807) is 4.90 Å². The molecule has 0 saturated carbocycles. The number of unbranched alkanes of at least 4 members (excludes halogenated alkanes) is 1. The molecule has 2 N–H and O–H groups in total. The number of nitrogens with one attached hydrogen (secondary N) is 1. The van der Waals surface area contributed by atoms with Gasteiger partial charge in [0.15, 0.2) is 0 Å². The fraction of sp³-hybridized carbons (Fsp3) is 0.900. The molecule has 1 rings (SSSR count). The van der Waals surface area contributed by atoms with Gasteiger partial charge in [-0.15, -0.1) is 0 Å². The zero-order valence-electron chi connectivity index (χ0n) is 9.05. The fourth-order valence-corrected chi connectivity index (χ4v) is 2.02. The largest absolute Gasteiger partial charge is 0.465 e. The van der Waals surface area contributed by atoms with Crippen molar-refractivity contribution >= 4 is 6.09 Å². The van der Waals surface area contributed by atoms with Crippen molar-refractivity contribution in [1.82, 2.24) is 10.2 Å². The van der Waals surface area contributed by atoms with Crippen LogP contribution in [-0.2, 0) is 0 Å². The summed E-state index contributed by atoms with van der Waals surface area (Å²) in [6.45, 7) is 6.32. The summed E-state index contributed by atoms with van der Waals surface area (Å²) in [5.74, 6) is 0. The zero-order chi connectivity index (χ0) is 10.6. The highest BCUT2D eigenvalue weighted by Gasteiger charge is 2.36. The first kappa shape index (κ1) is 11.3. The van der Waals surface area contributed by atoms with Crippen LogP contribution in [0.1, 0.15) is 33.1 Å². The lowest BCUT2D eigenvalue weighted by molar-refractivity contribution is 0.0604. The molecule has 1 heterocycles. The second-order valence-electron chi connectivity index (χ2n) is 4.21. The van der Waals surface area contributed by atoms with Crippen molar-refractivity contribution < 1.29 is 9.90 Å². The quantitative estimate of drug-likeness (QED) is 0.726. The average molecular weight is 200 g/mol. The molecular weight excluding hydrogens is 180 g/mol. The van der Waals surface area contributed by atoms with Crippen LogP contribution in [0.2, 0.25) is 0 Å². The van der Waals surface area contributed by atoms with Crippen molar-refractivity contribution in [2.75, 3.05) is 19.6 Å². The average Bonchev–Trinajstić information content (AvgIpc) is 2.15. The summed E-state index contributed by atoms with van der Waals surface area (Å²) in [6.07, 6.45) is 2.36. The number of nitrogens with zero attached hydrogens (tertiary/aromatic N) is 1. The Morgan fingerprint density at radius 3 is 2.93 bits per heavy atom. The van der Waals surface area contributed by atoms with E-state index in [4.69, 9.17) is 5.11 Å². The van der Waals surface area contributed by atoms with Crippen molar-refractivity contribution in [1.29, 1.82) is 0 Å². The van der Waals surface area contributed by atoms with Gasteiger partial charge in [0.05, 0.1) is 5.54 Å². The van der Waals surface area contributed by atoms with Gasteiger partial charge in [-0.3, -0.25) is 0 Å². The van der Waals surface area contributed by atoms with Crippen LogP contribution in [0, 0.1) is 0 Å². The summed E-state index contributed by atoms with van der Waals surface area (Å²) < 4.78 is 0. The molecule has 0 aromatic carbocycles. The monoisotopic (exact) mass is 200 g/mol. The molecule has 1 atom stereocenters. The van der Waals surface area contributed by atoms with Gasteiger partial charge in [0, 0.05) is 19.6 Å². The Bertz CT molecular complexity index is 208. The van der Waals surface area contributed by atoms with Gasteiger partial charge in [-0.2, -0.15) is 0 Å². The first-order valence-electron chi connectivity index (χ1n) is 5.31. The van der Waals surface area contributed by atoms with E-state index < -0.39 is 6.09 Å². The summed E-state index contributed by atoms with van der Waals surface area (Å²) >= 11 is 0. The predicted octanol–water partition coefficient (Wildman–Crippen LogP) is 1.52. The fourth-order valence-electron chi connectivity index (χ4n) is 2.02. The van der Waals surface area contributed by atoms with Crippen molar-refractivity contribution in [3.8, 4) is 0 Å². The maximum absolute atomic E-state index is 11.0. The highest BCUT2D eigenvalue weighted by atomic mass is 16.4. The van der Waals surface area contributed by atoms with Crippen molar-refractivity contribution in [2.45, 2.75) is 38.6 Å². The van der Waals surface area contributed by atoms with E-state index in [9.17, 15) is 4.79 Å². The minimum Gasteiger partial charge on any atom is -0.465 e. The normalized spacial score (nSPS) is 27.7. The van der Waals surface area contributed by atoms with Crippen LogP contribution in [0.15, 0.2) is 0 Å². The van der Waals surface area contributed by atoms with E-state index in [0.29, 0.717) is 6.54 Å². The molecule has 0 aliphatic carbocycles. The number of hydrogen-bond donors (Lipinski definition) is 2. The molecule has 0 radical (unpaired) electrons. The van der Waals surface area contributed by atoms with Gasteiger partial charge >= 0.3 is 6.09 Å². The Hall–Kier alpha value is -0.770. The minimum absolute atomic E-state index is 0.208. The molecule has 4 heteroatoms. The third-order valence-corrected chi connectivity index (χ3v) is 2.97. The lowest BCUT2D eigenvalue weighted by Crippen LogP contribution is -2.61. The smallest absolute Gasteiger partial charge is 0.407 e. The van der Waals surface area contributed by atoms with Crippen LogP contribution in [0.5, 0.6) is 0 Å². The molecule has 1 aliphatic heterocycles. The summed E-state index contributed by atoms with van der Waals surface area (Å²) in [4.78, 5) is 12.6. The molecule has 0 aromatic rings. The number of piperazine rings is 1. The number of carboxylic acid groups (broad SMARTS) is 1. The van der Waals surface area contributed by atoms with Crippen LogP contribution in [0.3, 0.4) is 0 Å². The third kappa shape index (κ3) is 2.38. The third-order valence-electron chi connectivity index (χ3n) is 2.97. The molecule has 4 nitrogen and oxygen atoms in total. The Labute approximate surface area is 85.3 Å². The van der Waals surface area contributed by atoms with Gasteiger partial charge in [-0.25, -0.2) is 4.79 Å². The van der Waals surface area contributed by atoms with Gasteiger partial charge < -0.3 is 15.3 Å². The predicted molar refractivity (Wildman–Crippen MR) is 55.5 cm³/mol. The van der Waals surface area contributed by atoms with Gasteiger partial charge in [0.2, 0.25) is 0 Å². The van der Waals surface area contributed by atoms with Crippen LogP contribution < -0.4 is 5.32 Å². The van der Waals surface area contributed by atoms with E-state index >= 15 is 0 Å². The Morgan fingerprint density at radius 2 is 2.36 bits per heavy atom. The summed E-state index contributed by atoms with van der Waals surface area (Å²) in [6, 6.07) is 0. The highest BCUT2D eigenvalue weighted by molar-refractivity contribution is 5.66. The molecule has 1 amide bonds. The summed E-state index contributed by atoms with van der Waals surface area (Å²) in [7, 11) is 0. The van der Waals surface area contributed by atoms with E-state index in [1.165, 1.54) is 0 Å². The first-order valence-corrected chi connectivity index (χ1v) is 5.31. The molecule has 0 aromatic heterocycles. The molecule has 1 aliphatic rings. The maximum Gasteiger partial charge on any atom is 0.407 e. The molecule has 1 saturated heterocycles. The van der Waals surface area contributed by atoms with Crippen LogP contribution in [-0.4, -0.2) is 41.3 Å². The zero-order valence-corrected chi connectivity index (χ0v) is 9.05. The van der Waals surface area contributed by atoms with E-state index in [1.807, 2.05) is 6.92 Å². The second kappa shape index (κ2) is 4.64. The van der Waals surface area contributed by atoms with E-state index in [-0.39, 0.29) is 5.54 Å². The van der Waals surface area contributed by atoms with Crippen molar-refractivity contribution in [3.05, 3.63) is 0 Å². The maximum atomic E-state index is 11.0. The van der Waals surface area contributed by atoms with Gasteiger partial charge in [0.25, 0.3) is 0 Å². The van der Waals surface area contributed by atoms with Crippen molar-refractivity contribution in [2.24, 2.45) is 0 Å². The molecular formula is C10H20N2O2.